The zero-order valence-corrected chi connectivity index (χ0v) is 5.71. The van der Waals surface area contributed by atoms with Crippen LogP contribution in [0.3, 0.4) is 0 Å². The largest absolute Gasteiger partial charge is 0.251 e. The van der Waals surface area contributed by atoms with E-state index in [0.717, 1.165) is 19.3 Å². The van der Waals surface area contributed by atoms with Gasteiger partial charge in [-0.05, 0) is 18.8 Å². The lowest BCUT2D eigenvalue weighted by Gasteiger charge is -1.99. The molecule has 0 saturated heterocycles. The Morgan fingerprint density at radius 1 is 1.25 bits per heavy atom. The number of unbranched alkanes of at least 4 members (excludes halogenated alkanes) is 1. The zero-order valence-electron chi connectivity index (χ0n) is 5.71. The maximum absolute atomic E-state index is 11.4. The fraction of sp³-hybridized carbons (Fsp3) is 0.857. The molecule has 0 spiro atoms. The highest BCUT2D eigenvalue weighted by Crippen LogP contribution is 2.07. The lowest BCUT2D eigenvalue weighted by molar-refractivity contribution is 0.458. The van der Waals surface area contributed by atoms with Gasteiger partial charge in [-0.3, -0.25) is 4.39 Å². The van der Waals surface area contributed by atoms with Crippen LogP contribution in [0.2, 0.25) is 0 Å². The molecule has 0 fully saturated rings. The fourth-order valence-corrected chi connectivity index (χ4v) is 0.573. The molecular weight excluding hydrogens is 103 g/mol. The van der Waals surface area contributed by atoms with Crippen LogP contribution < -0.4 is 0 Å². The first-order chi connectivity index (χ1) is 3.77. The van der Waals surface area contributed by atoms with E-state index in [1.807, 2.05) is 0 Å². The molecule has 0 bridgehead atoms. The number of halogens is 1. The highest BCUT2D eigenvalue weighted by molar-refractivity contribution is 4.75. The van der Waals surface area contributed by atoms with Crippen molar-refractivity contribution in [3.8, 4) is 0 Å². The summed E-state index contributed by atoms with van der Waals surface area (Å²) < 4.78 is 11.4. The summed E-state index contributed by atoms with van der Waals surface area (Å²) in [6.45, 7) is 4.00. The van der Waals surface area contributed by atoms with E-state index >= 15 is 0 Å². The van der Waals surface area contributed by atoms with Crippen LogP contribution in [0, 0.1) is 5.92 Å². The van der Waals surface area contributed by atoms with E-state index in [1.54, 1.807) is 0 Å². The van der Waals surface area contributed by atoms with Gasteiger partial charge in [0.2, 0.25) is 0 Å². The molecule has 0 N–H and O–H groups in total. The summed E-state index contributed by atoms with van der Waals surface area (Å²) in [5, 5.41) is 0. The standard InChI is InChI=1S/C7H14F/c1-7(2)5-3-4-6-8/h3-6H2,1-2H3. The third-order valence-electron chi connectivity index (χ3n) is 1.06. The molecule has 0 nitrogen and oxygen atoms in total. The third-order valence-corrected chi connectivity index (χ3v) is 1.06. The molecule has 0 aromatic heterocycles. The first-order valence-electron chi connectivity index (χ1n) is 3.12. The molecule has 0 heterocycles. The van der Waals surface area contributed by atoms with Crippen molar-refractivity contribution in [2.24, 2.45) is 0 Å². The highest BCUT2D eigenvalue weighted by atomic mass is 19.1. The molecule has 0 saturated carbocycles. The van der Waals surface area contributed by atoms with E-state index in [9.17, 15) is 4.39 Å². The van der Waals surface area contributed by atoms with Gasteiger partial charge in [0.25, 0.3) is 0 Å². The van der Waals surface area contributed by atoms with E-state index in [-0.39, 0.29) is 6.67 Å². The van der Waals surface area contributed by atoms with Crippen LogP contribution in [0.1, 0.15) is 33.1 Å². The summed E-state index contributed by atoms with van der Waals surface area (Å²) in [7, 11) is 0. The van der Waals surface area contributed by atoms with Gasteiger partial charge in [0.1, 0.15) is 0 Å². The first kappa shape index (κ1) is 7.93. The van der Waals surface area contributed by atoms with Crippen molar-refractivity contribution < 1.29 is 4.39 Å². The fourth-order valence-electron chi connectivity index (χ4n) is 0.573. The highest BCUT2D eigenvalue weighted by Gasteiger charge is 1.92. The molecule has 0 aliphatic carbocycles. The molecular formula is C7H14F. The van der Waals surface area contributed by atoms with Crippen LogP contribution >= 0.6 is 0 Å². The van der Waals surface area contributed by atoms with E-state index in [2.05, 4.69) is 13.8 Å². The van der Waals surface area contributed by atoms with Gasteiger partial charge in [0.05, 0.1) is 6.67 Å². The van der Waals surface area contributed by atoms with E-state index < -0.39 is 0 Å². The number of hydrogen-bond acceptors (Lipinski definition) is 0. The Balaban J connectivity index is 2.72. The van der Waals surface area contributed by atoms with Crippen LogP contribution in [0.15, 0.2) is 0 Å². The molecule has 0 rings (SSSR count). The maximum atomic E-state index is 11.4. The van der Waals surface area contributed by atoms with Gasteiger partial charge in [-0.25, -0.2) is 0 Å². The Hall–Kier alpha value is -0.0700. The van der Waals surface area contributed by atoms with Crippen LogP contribution in [0.4, 0.5) is 4.39 Å². The van der Waals surface area contributed by atoms with Crippen LogP contribution in [-0.4, -0.2) is 6.67 Å². The van der Waals surface area contributed by atoms with E-state index in [1.165, 1.54) is 5.92 Å². The maximum Gasteiger partial charge on any atom is 0.0894 e. The molecule has 0 aromatic carbocycles. The quantitative estimate of drug-likeness (QED) is 0.497. The normalized spacial score (nSPS) is 10.5. The smallest absolute Gasteiger partial charge is 0.0894 e. The summed E-state index contributed by atoms with van der Waals surface area (Å²) >= 11 is 0. The first-order valence-corrected chi connectivity index (χ1v) is 3.12. The summed E-state index contributed by atoms with van der Waals surface area (Å²) in [5.74, 6) is 1.40. The third kappa shape index (κ3) is 5.93. The van der Waals surface area contributed by atoms with Gasteiger partial charge in [-0.2, -0.15) is 0 Å². The summed E-state index contributed by atoms with van der Waals surface area (Å²) in [4.78, 5) is 0. The molecule has 8 heavy (non-hydrogen) atoms. The van der Waals surface area contributed by atoms with Gasteiger partial charge >= 0.3 is 0 Å². The summed E-state index contributed by atoms with van der Waals surface area (Å²) in [6, 6.07) is 0. The molecule has 1 heteroatoms. The minimum Gasteiger partial charge on any atom is -0.251 e. The lowest BCUT2D eigenvalue weighted by Crippen LogP contribution is -1.84. The van der Waals surface area contributed by atoms with Crippen LogP contribution in [0.25, 0.3) is 0 Å². The van der Waals surface area contributed by atoms with Gasteiger partial charge < -0.3 is 0 Å². The van der Waals surface area contributed by atoms with E-state index in [4.69, 9.17) is 0 Å². The number of alkyl halides is 1. The molecule has 0 atom stereocenters. The molecule has 0 aliphatic rings. The second-order valence-electron chi connectivity index (χ2n) is 2.35. The monoisotopic (exact) mass is 117 g/mol. The van der Waals surface area contributed by atoms with Crippen molar-refractivity contribution in [3.63, 3.8) is 0 Å². The Labute approximate surface area is 51.1 Å². The van der Waals surface area contributed by atoms with Gasteiger partial charge in [0, 0.05) is 0 Å². The second-order valence-corrected chi connectivity index (χ2v) is 2.35. The van der Waals surface area contributed by atoms with Crippen LogP contribution in [0.5, 0.6) is 0 Å². The van der Waals surface area contributed by atoms with Crippen molar-refractivity contribution in [3.05, 3.63) is 5.92 Å². The molecule has 1 radical (unpaired) electrons. The SMILES string of the molecule is C[C](C)CCCCF. The lowest BCUT2D eigenvalue weighted by atomic mass is 10.1. The van der Waals surface area contributed by atoms with Crippen molar-refractivity contribution in [1.29, 1.82) is 0 Å². The zero-order chi connectivity index (χ0) is 6.41. The predicted octanol–water partition coefficient (Wildman–Crippen LogP) is 2.74. The minimum atomic E-state index is -0.159. The topological polar surface area (TPSA) is 0 Å². The summed E-state index contributed by atoms with van der Waals surface area (Å²) in [6.07, 6.45) is 2.83. The van der Waals surface area contributed by atoms with E-state index in [0.29, 0.717) is 0 Å². The Kier molecular flexibility index (Phi) is 5.03. The Bertz CT molecular complexity index is 41.7. The minimum absolute atomic E-state index is 0.159. The molecule has 0 aromatic rings. The molecule has 0 amide bonds. The summed E-state index contributed by atoms with van der Waals surface area (Å²) in [5.41, 5.74) is 0. The van der Waals surface area contributed by atoms with Crippen molar-refractivity contribution in [2.45, 2.75) is 33.1 Å². The number of rotatable bonds is 4. The second kappa shape index (κ2) is 5.07. The molecule has 0 aliphatic heterocycles. The Morgan fingerprint density at radius 2 is 1.88 bits per heavy atom. The van der Waals surface area contributed by atoms with Gasteiger partial charge in [-0.15, -0.1) is 0 Å². The Morgan fingerprint density at radius 3 is 2.25 bits per heavy atom. The average molecular weight is 117 g/mol. The van der Waals surface area contributed by atoms with Gasteiger partial charge in [0.15, 0.2) is 0 Å². The molecule has 0 unspecified atom stereocenters. The van der Waals surface area contributed by atoms with Crippen LogP contribution in [-0.2, 0) is 0 Å². The van der Waals surface area contributed by atoms with Crippen molar-refractivity contribution >= 4 is 0 Å². The van der Waals surface area contributed by atoms with Crippen molar-refractivity contribution in [2.75, 3.05) is 6.67 Å². The number of hydrogen-bond donors (Lipinski definition) is 0. The van der Waals surface area contributed by atoms with Gasteiger partial charge in [-0.1, -0.05) is 20.3 Å². The molecule has 49 valence electrons. The van der Waals surface area contributed by atoms with Crippen molar-refractivity contribution in [1.82, 2.24) is 0 Å². The average Bonchev–Trinajstić information content (AvgIpc) is 1.66. The predicted molar refractivity (Wildman–Crippen MR) is 34.4 cm³/mol.